The normalized spacial score (nSPS) is 16.1. The van der Waals surface area contributed by atoms with Crippen molar-refractivity contribution in [3.05, 3.63) is 35.4 Å². The van der Waals surface area contributed by atoms with Gasteiger partial charge >= 0.3 is 0 Å². The summed E-state index contributed by atoms with van der Waals surface area (Å²) in [6.07, 6.45) is 6.53. The van der Waals surface area contributed by atoms with Crippen LogP contribution < -0.4 is 10.6 Å². The van der Waals surface area contributed by atoms with Crippen LogP contribution in [0.25, 0.3) is 0 Å². The second-order valence-electron chi connectivity index (χ2n) is 8.01. The Bertz CT molecular complexity index is 567. The van der Waals surface area contributed by atoms with E-state index in [0.717, 1.165) is 51.7 Å². The van der Waals surface area contributed by atoms with Crippen LogP contribution in [0.1, 0.15) is 43.2 Å². The fraction of sp³-hybridized carbons (Fsp3) is 0.696. The Morgan fingerprint density at radius 2 is 1.72 bits per heavy atom. The van der Waals surface area contributed by atoms with Gasteiger partial charge in [0.05, 0.1) is 0 Å². The lowest BCUT2D eigenvalue weighted by atomic mass is 10.1. The number of benzene rings is 1. The van der Waals surface area contributed by atoms with E-state index >= 15 is 0 Å². The molecule has 6 heteroatoms. The number of rotatable bonds is 11. The predicted molar refractivity (Wildman–Crippen MR) is 122 cm³/mol. The maximum Gasteiger partial charge on any atom is 0.191 e. The molecule has 1 aromatic rings. The molecular formula is C23H41N5O. The number of nitrogens with one attached hydrogen (secondary N) is 2. The maximum absolute atomic E-state index is 5.10. The summed E-state index contributed by atoms with van der Waals surface area (Å²) in [6, 6.07) is 9.01. The second kappa shape index (κ2) is 14.4. The molecule has 0 unspecified atom stereocenters. The molecule has 0 radical (unpaired) electrons. The highest BCUT2D eigenvalue weighted by molar-refractivity contribution is 5.79. The molecule has 1 aliphatic rings. The third-order valence-electron chi connectivity index (χ3n) is 5.49. The first-order valence-electron chi connectivity index (χ1n) is 11.1. The van der Waals surface area contributed by atoms with Crippen molar-refractivity contribution in [3.63, 3.8) is 0 Å². The number of ether oxygens (including phenoxy) is 1. The predicted octanol–water partition coefficient (Wildman–Crippen LogP) is 2.70. The molecule has 0 saturated carbocycles. The van der Waals surface area contributed by atoms with Gasteiger partial charge in [-0.25, -0.2) is 0 Å². The van der Waals surface area contributed by atoms with Gasteiger partial charge in [-0.3, -0.25) is 9.89 Å². The molecule has 0 spiro atoms. The number of methoxy groups -OCH3 is 1. The first-order chi connectivity index (χ1) is 14.2. The highest BCUT2D eigenvalue weighted by Crippen LogP contribution is 2.13. The van der Waals surface area contributed by atoms with Gasteiger partial charge in [-0.2, -0.15) is 0 Å². The molecular weight excluding hydrogens is 362 g/mol. The van der Waals surface area contributed by atoms with E-state index in [9.17, 15) is 0 Å². The molecule has 1 saturated heterocycles. The molecule has 1 heterocycles. The van der Waals surface area contributed by atoms with Crippen molar-refractivity contribution in [2.24, 2.45) is 4.99 Å². The molecule has 0 bridgehead atoms. The lowest BCUT2D eigenvalue weighted by molar-refractivity contribution is 0.180. The van der Waals surface area contributed by atoms with Crippen LogP contribution in [0, 0.1) is 0 Å². The van der Waals surface area contributed by atoms with Crippen LogP contribution in [-0.2, 0) is 17.8 Å². The lowest BCUT2D eigenvalue weighted by Crippen LogP contribution is -2.40. The quantitative estimate of drug-likeness (QED) is 0.338. The van der Waals surface area contributed by atoms with Crippen LogP contribution >= 0.6 is 0 Å². The van der Waals surface area contributed by atoms with E-state index in [2.05, 4.69) is 56.7 Å². The van der Waals surface area contributed by atoms with Gasteiger partial charge in [-0.15, -0.1) is 0 Å². The Morgan fingerprint density at radius 3 is 2.38 bits per heavy atom. The molecule has 1 aliphatic heterocycles. The summed E-state index contributed by atoms with van der Waals surface area (Å²) in [5.74, 6) is 0.851. The minimum atomic E-state index is 0.785. The highest BCUT2D eigenvalue weighted by Gasteiger charge is 2.09. The Morgan fingerprint density at radius 1 is 1.03 bits per heavy atom. The van der Waals surface area contributed by atoms with Gasteiger partial charge in [0.15, 0.2) is 5.96 Å². The number of aliphatic imine (C=N–C) groups is 1. The highest BCUT2D eigenvalue weighted by atomic mass is 16.5. The number of nitrogens with zero attached hydrogens (tertiary/aromatic N) is 3. The minimum absolute atomic E-state index is 0.785. The third-order valence-corrected chi connectivity index (χ3v) is 5.49. The zero-order chi connectivity index (χ0) is 20.7. The molecule has 2 rings (SSSR count). The van der Waals surface area contributed by atoms with Crippen LogP contribution in [0.4, 0.5) is 0 Å². The Labute approximate surface area is 177 Å². The van der Waals surface area contributed by atoms with Crippen LogP contribution in [0.3, 0.4) is 0 Å². The number of hydrogen-bond acceptors (Lipinski definition) is 4. The van der Waals surface area contributed by atoms with E-state index in [0.29, 0.717) is 0 Å². The second-order valence-corrected chi connectivity index (χ2v) is 8.01. The smallest absolute Gasteiger partial charge is 0.191 e. The van der Waals surface area contributed by atoms with Crippen LogP contribution in [0.15, 0.2) is 29.3 Å². The van der Waals surface area contributed by atoms with Crippen LogP contribution in [0.5, 0.6) is 0 Å². The van der Waals surface area contributed by atoms with Gasteiger partial charge in [-0.05, 0) is 50.5 Å². The first-order valence-corrected chi connectivity index (χ1v) is 11.1. The Balaban J connectivity index is 1.66. The molecule has 6 nitrogen and oxygen atoms in total. The van der Waals surface area contributed by atoms with Crippen molar-refractivity contribution >= 4 is 5.96 Å². The largest absolute Gasteiger partial charge is 0.385 e. The lowest BCUT2D eigenvalue weighted by Gasteiger charge is -2.20. The SMILES string of the molecule is CN=C(NCCN(C)CCCOC)NCc1ccc(CN2CCCCCC2)cc1. The topological polar surface area (TPSA) is 52.1 Å². The first kappa shape index (κ1) is 23.6. The third kappa shape index (κ3) is 10.1. The van der Waals surface area contributed by atoms with Crippen molar-refractivity contribution in [1.29, 1.82) is 0 Å². The standard InChI is InChI=1S/C23H41N5O/c1-24-23(25-13-17-27(2)14-8-18-29-3)26-19-21-9-11-22(12-10-21)20-28-15-6-4-5-7-16-28/h9-12H,4-8,13-20H2,1-3H3,(H2,24,25,26). The number of guanidine groups is 1. The molecule has 164 valence electrons. The number of hydrogen-bond donors (Lipinski definition) is 2. The molecule has 1 aromatic carbocycles. The summed E-state index contributed by atoms with van der Waals surface area (Å²) in [5, 5.41) is 6.80. The molecule has 0 amide bonds. The summed E-state index contributed by atoms with van der Waals surface area (Å²) >= 11 is 0. The summed E-state index contributed by atoms with van der Waals surface area (Å²) in [6.45, 7) is 8.07. The fourth-order valence-corrected chi connectivity index (χ4v) is 3.68. The van der Waals surface area contributed by atoms with Crippen molar-refractivity contribution in [1.82, 2.24) is 20.4 Å². The average molecular weight is 404 g/mol. The van der Waals surface area contributed by atoms with Crippen molar-refractivity contribution in [2.75, 3.05) is 60.5 Å². The molecule has 0 atom stereocenters. The van der Waals surface area contributed by atoms with Gasteiger partial charge in [-0.1, -0.05) is 37.1 Å². The van der Waals surface area contributed by atoms with Gasteiger partial charge in [0, 0.05) is 53.5 Å². The number of likely N-dealkylation sites (tertiary alicyclic amines) is 1. The zero-order valence-electron chi connectivity index (χ0n) is 18.8. The summed E-state index contributed by atoms with van der Waals surface area (Å²) < 4.78 is 5.10. The molecule has 1 fully saturated rings. The van der Waals surface area contributed by atoms with E-state index in [1.165, 1.54) is 49.9 Å². The van der Waals surface area contributed by atoms with E-state index in [1.807, 2.05) is 7.05 Å². The Hall–Kier alpha value is -1.63. The van der Waals surface area contributed by atoms with Gasteiger partial charge in [0.1, 0.15) is 0 Å². The molecule has 29 heavy (non-hydrogen) atoms. The van der Waals surface area contributed by atoms with Crippen molar-refractivity contribution < 1.29 is 4.74 Å². The monoisotopic (exact) mass is 403 g/mol. The van der Waals surface area contributed by atoms with E-state index in [4.69, 9.17) is 4.74 Å². The Kier molecular flexibility index (Phi) is 11.7. The number of likely N-dealkylation sites (N-methyl/N-ethyl adjacent to an activating group) is 1. The summed E-state index contributed by atoms with van der Waals surface area (Å²) in [5.41, 5.74) is 2.69. The van der Waals surface area contributed by atoms with E-state index in [-0.39, 0.29) is 0 Å². The fourth-order valence-electron chi connectivity index (χ4n) is 3.68. The van der Waals surface area contributed by atoms with Crippen molar-refractivity contribution in [2.45, 2.75) is 45.2 Å². The van der Waals surface area contributed by atoms with Crippen LogP contribution in [0.2, 0.25) is 0 Å². The summed E-state index contributed by atoms with van der Waals surface area (Å²) in [4.78, 5) is 9.23. The van der Waals surface area contributed by atoms with Crippen molar-refractivity contribution in [3.8, 4) is 0 Å². The van der Waals surface area contributed by atoms with Gasteiger partial charge in [0.2, 0.25) is 0 Å². The summed E-state index contributed by atoms with van der Waals surface area (Å²) in [7, 11) is 5.71. The van der Waals surface area contributed by atoms with E-state index < -0.39 is 0 Å². The van der Waals surface area contributed by atoms with E-state index in [1.54, 1.807) is 7.11 Å². The average Bonchev–Trinajstić information content (AvgIpc) is 3.00. The van der Waals surface area contributed by atoms with Crippen LogP contribution in [-0.4, -0.2) is 76.3 Å². The molecule has 0 aromatic heterocycles. The van der Waals surface area contributed by atoms with Gasteiger partial charge in [0.25, 0.3) is 0 Å². The zero-order valence-corrected chi connectivity index (χ0v) is 18.8. The maximum atomic E-state index is 5.10. The van der Waals surface area contributed by atoms with Gasteiger partial charge < -0.3 is 20.3 Å². The molecule has 0 aliphatic carbocycles. The molecule has 2 N–H and O–H groups in total. The minimum Gasteiger partial charge on any atom is -0.385 e.